The first kappa shape index (κ1) is 20.2. The van der Waals surface area contributed by atoms with Crippen LogP contribution in [0.4, 0.5) is 10.5 Å². The van der Waals surface area contributed by atoms with E-state index < -0.39 is 5.97 Å². The molecule has 0 unspecified atom stereocenters. The summed E-state index contributed by atoms with van der Waals surface area (Å²) >= 11 is 0. The van der Waals surface area contributed by atoms with Crippen molar-refractivity contribution in [3.05, 3.63) is 30.3 Å². The highest BCUT2D eigenvalue weighted by atomic mass is 16.5. The number of para-hydroxylation sites is 1. The smallest absolute Gasteiger partial charge is 0.319 e. The summed E-state index contributed by atoms with van der Waals surface area (Å²) in [6.45, 7) is 0.705. The van der Waals surface area contributed by atoms with E-state index in [0.29, 0.717) is 17.6 Å². The van der Waals surface area contributed by atoms with Crippen molar-refractivity contribution in [2.24, 2.45) is 5.92 Å². The molecule has 2 fully saturated rings. The van der Waals surface area contributed by atoms with Gasteiger partial charge in [-0.15, -0.1) is 0 Å². The van der Waals surface area contributed by atoms with Crippen LogP contribution in [-0.4, -0.2) is 48.5 Å². The molecule has 1 aromatic carbocycles. The van der Waals surface area contributed by atoms with E-state index in [0.717, 1.165) is 19.4 Å². The number of nitrogens with one attached hydrogen (secondary N) is 2. The number of urea groups is 1. The van der Waals surface area contributed by atoms with Crippen molar-refractivity contribution in [3.63, 3.8) is 0 Å². The van der Waals surface area contributed by atoms with Crippen molar-refractivity contribution in [1.29, 1.82) is 0 Å². The zero-order valence-electron chi connectivity index (χ0n) is 16.2. The van der Waals surface area contributed by atoms with Crippen molar-refractivity contribution >= 4 is 23.6 Å². The molecule has 2 aliphatic rings. The molecule has 0 aromatic heterocycles. The van der Waals surface area contributed by atoms with Crippen LogP contribution in [0.2, 0.25) is 0 Å². The number of amides is 3. The fourth-order valence-corrected chi connectivity index (χ4v) is 4.21. The highest BCUT2D eigenvalue weighted by molar-refractivity contribution is 5.89. The van der Waals surface area contributed by atoms with Gasteiger partial charge in [-0.05, 0) is 43.7 Å². The second kappa shape index (κ2) is 10.1. The summed E-state index contributed by atoms with van der Waals surface area (Å²) in [5.41, 5.74) is 0.677. The number of carbonyl (C=O) groups excluding carboxylic acids is 3. The van der Waals surface area contributed by atoms with Crippen molar-refractivity contribution in [2.75, 3.05) is 25.0 Å². The first-order chi connectivity index (χ1) is 13.6. The Labute approximate surface area is 165 Å². The number of hydrogen-bond acceptors (Lipinski definition) is 4. The number of fused-ring (bicyclic) bond motifs is 1. The molecule has 0 bridgehead atoms. The molecule has 7 heteroatoms. The van der Waals surface area contributed by atoms with Gasteiger partial charge in [-0.3, -0.25) is 9.59 Å². The van der Waals surface area contributed by atoms with E-state index in [1.54, 1.807) is 12.1 Å². The maximum atomic E-state index is 12.5. The number of nitrogens with zero attached hydrogens (tertiary/aromatic N) is 1. The van der Waals surface area contributed by atoms with Gasteiger partial charge >= 0.3 is 12.0 Å². The number of carbonyl (C=O) groups is 3. The van der Waals surface area contributed by atoms with Gasteiger partial charge in [0.25, 0.3) is 5.91 Å². The number of likely N-dealkylation sites (tertiary alicyclic amines) is 1. The molecule has 0 radical (unpaired) electrons. The molecule has 0 spiro atoms. The fourth-order valence-electron chi connectivity index (χ4n) is 4.21. The van der Waals surface area contributed by atoms with Crippen LogP contribution in [0, 0.1) is 5.92 Å². The lowest BCUT2D eigenvalue weighted by Crippen LogP contribution is -2.50. The van der Waals surface area contributed by atoms with Gasteiger partial charge in [0.05, 0.1) is 6.42 Å². The molecule has 1 heterocycles. The van der Waals surface area contributed by atoms with Crippen LogP contribution in [0.25, 0.3) is 0 Å². The Morgan fingerprint density at radius 2 is 1.79 bits per heavy atom. The average molecular weight is 387 g/mol. The molecule has 152 valence electrons. The molecule has 3 rings (SSSR count). The summed E-state index contributed by atoms with van der Waals surface area (Å²) in [6.07, 6.45) is 6.94. The van der Waals surface area contributed by atoms with Crippen molar-refractivity contribution < 1.29 is 19.1 Å². The highest BCUT2D eigenvalue weighted by Crippen LogP contribution is 2.35. The van der Waals surface area contributed by atoms with Gasteiger partial charge in [0.2, 0.25) is 0 Å². The van der Waals surface area contributed by atoms with Gasteiger partial charge < -0.3 is 20.3 Å². The van der Waals surface area contributed by atoms with Crippen molar-refractivity contribution in [3.8, 4) is 0 Å². The number of esters is 1. The molecular weight excluding hydrogens is 358 g/mol. The van der Waals surface area contributed by atoms with Crippen LogP contribution < -0.4 is 10.6 Å². The van der Waals surface area contributed by atoms with Gasteiger partial charge in [-0.25, -0.2) is 4.79 Å². The predicted molar refractivity (Wildman–Crippen MR) is 106 cm³/mol. The molecule has 2 N–H and O–H groups in total. The number of rotatable bonds is 6. The zero-order valence-corrected chi connectivity index (χ0v) is 16.2. The fraction of sp³-hybridized carbons (Fsp3) is 0.571. The average Bonchev–Trinajstić information content (AvgIpc) is 2.72. The first-order valence-electron chi connectivity index (χ1n) is 10.2. The second-order valence-electron chi connectivity index (χ2n) is 7.50. The van der Waals surface area contributed by atoms with Gasteiger partial charge in [0.1, 0.15) is 0 Å². The van der Waals surface area contributed by atoms with Crippen LogP contribution in [0.15, 0.2) is 30.3 Å². The largest absolute Gasteiger partial charge is 0.456 e. The Bertz CT molecular complexity index is 677. The van der Waals surface area contributed by atoms with Crippen LogP contribution in [0.1, 0.15) is 44.9 Å². The number of ether oxygens (including phenoxy) is 1. The Morgan fingerprint density at radius 1 is 1.04 bits per heavy atom. The summed E-state index contributed by atoms with van der Waals surface area (Å²) < 4.78 is 5.14. The van der Waals surface area contributed by atoms with Gasteiger partial charge in [0.15, 0.2) is 6.61 Å². The minimum Gasteiger partial charge on any atom is -0.456 e. The Hall–Kier alpha value is -2.57. The summed E-state index contributed by atoms with van der Waals surface area (Å²) in [5.74, 6) is 0.0276. The minimum absolute atomic E-state index is 0.0293. The van der Waals surface area contributed by atoms with E-state index >= 15 is 0 Å². The number of benzene rings is 1. The van der Waals surface area contributed by atoms with E-state index in [4.69, 9.17) is 4.74 Å². The standard InChI is InChI=1S/C21H29N3O4/c25-19(24-14-6-8-16-7-4-5-11-18(16)24)15-28-20(26)12-13-22-21(27)23-17-9-2-1-3-10-17/h1-3,9-10,16,18H,4-8,11-15H2,(H2,22,23,27)/t16-,18-/m1/s1. The van der Waals surface area contributed by atoms with Crippen LogP contribution >= 0.6 is 0 Å². The maximum Gasteiger partial charge on any atom is 0.319 e. The van der Waals surface area contributed by atoms with Crippen molar-refractivity contribution in [2.45, 2.75) is 51.0 Å². The molecule has 28 heavy (non-hydrogen) atoms. The van der Waals surface area contributed by atoms with Gasteiger partial charge in [-0.1, -0.05) is 31.0 Å². The highest BCUT2D eigenvalue weighted by Gasteiger charge is 2.35. The Kier molecular flexibility index (Phi) is 7.28. The molecule has 3 amide bonds. The molecule has 1 saturated carbocycles. The van der Waals surface area contributed by atoms with Crippen LogP contribution in [0.5, 0.6) is 0 Å². The quantitative estimate of drug-likeness (QED) is 0.735. The maximum absolute atomic E-state index is 12.5. The van der Waals surface area contributed by atoms with Gasteiger partial charge in [-0.2, -0.15) is 0 Å². The van der Waals surface area contributed by atoms with E-state index in [9.17, 15) is 14.4 Å². The summed E-state index contributed by atoms with van der Waals surface area (Å²) in [4.78, 5) is 38.1. The zero-order chi connectivity index (χ0) is 19.8. The normalized spacial score (nSPS) is 21.4. The number of piperidine rings is 1. The summed E-state index contributed by atoms with van der Waals surface area (Å²) in [6, 6.07) is 8.99. The van der Waals surface area contributed by atoms with Crippen LogP contribution in [0.3, 0.4) is 0 Å². The van der Waals surface area contributed by atoms with E-state index in [2.05, 4.69) is 10.6 Å². The molecular formula is C21H29N3O4. The lowest BCUT2D eigenvalue weighted by atomic mass is 9.78. The monoisotopic (exact) mass is 387 g/mol. The van der Waals surface area contributed by atoms with Crippen LogP contribution in [-0.2, 0) is 14.3 Å². The third-order valence-electron chi connectivity index (χ3n) is 5.57. The molecule has 1 aliphatic heterocycles. The first-order valence-corrected chi connectivity index (χ1v) is 10.2. The Morgan fingerprint density at radius 3 is 2.61 bits per heavy atom. The summed E-state index contributed by atoms with van der Waals surface area (Å²) in [5, 5.41) is 5.28. The number of anilines is 1. The predicted octanol–water partition coefficient (Wildman–Crippen LogP) is 2.92. The minimum atomic E-state index is -0.481. The van der Waals surface area contributed by atoms with Gasteiger partial charge in [0, 0.05) is 24.8 Å². The van der Waals surface area contributed by atoms with Crippen molar-refractivity contribution in [1.82, 2.24) is 10.2 Å². The summed E-state index contributed by atoms with van der Waals surface area (Å²) in [7, 11) is 0. The lowest BCUT2D eigenvalue weighted by molar-refractivity contribution is -0.154. The SMILES string of the molecule is O=C(NCCC(=O)OCC(=O)N1CCC[C@H]2CCCC[C@H]21)Nc1ccccc1. The molecule has 1 saturated heterocycles. The molecule has 7 nitrogen and oxygen atoms in total. The Balaban J connectivity index is 1.33. The third-order valence-corrected chi connectivity index (χ3v) is 5.57. The number of hydrogen-bond donors (Lipinski definition) is 2. The van der Waals surface area contributed by atoms with E-state index in [1.165, 1.54) is 25.7 Å². The topological polar surface area (TPSA) is 87.7 Å². The molecule has 1 aliphatic carbocycles. The van der Waals surface area contributed by atoms with E-state index in [-0.39, 0.29) is 31.5 Å². The third kappa shape index (κ3) is 5.71. The van der Waals surface area contributed by atoms with E-state index in [1.807, 2.05) is 23.1 Å². The second-order valence-corrected chi connectivity index (χ2v) is 7.50. The molecule has 2 atom stereocenters. The lowest BCUT2D eigenvalue weighted by Gasteiger charge is -2.44. The molecule has 1 aromatic rings.